The number of benzene rings is 17. The summed E-state index contributed by atoms with van der Waals surface area (Å²) in [4.78, 5) is 0. The molecule has 0 radical (unpaired) electrons. The highest BCUT2D eigenvalue weighted by molar-refractivity contribution is 6.32. The number of para-hydroxylation sites is 8. The summed E-state index contributed by atoms with van der Waals surface area (Å²) in [5.41, 5.74) is 32.1. The van der Waals surface area contributed by atoms with Gasteiger partial charge in [-0.25, -0.2) is 0 Å². The van der Waals surface area contributed by atoms with Crippen molar-refractivity contribution in [3.05, 3.63) is 369 Å². The van der Waals surface area contributed by atoms with Crippen LogP contribution in [0.4, 0.5) is 0 Å². The fourth-order valence-electron chi connectivity index (χ4n) is 20.0. The highest BCUT2D eigenvalue weighted by Crippen LogP contribution is 2.55. The summed E-state index contributed by atoms with van der Waals surface area (Å²) < 4.78 is 26.5. The monoisotopic (exact) mass is 1430 g/mol. The van der Waals surface area contributed by atoms with Gasteiger partial charge in [-0.05, 0) is 184 Å². The standard InChI is InChI=1S/C105H65N5O2/c1-105(2)86-40-21-18-35-71(86)73-49-52-90-100(102(73)105)77-47-43-64(55-91(77)108(90)68-29-12-5-13-30-68)62-45-51-89-80(54-62)82-58-84-74-38-24-39-75(104(74)112-98(84)61-94(82)107(89)67-27-10-4-11-28-67)85-59-95-101(103-99(85)76-37-19-22-41-87(76)110(103)70-33-16-7-17-34-70)78-48-44-65(56-92(78)109(95)69-31-14-6-15-32-69)63-46-50-88-79(53-63)81-57-83-72-36-20-23-42-96(72)111-97(83)60-93(81)106(88)66-25-8-3-9-26-66/h3-61H,1-2H3. The van der Waals surface area contributed by atoms with Gasteiger partial charge in [-0.15, -0.1) is 0 Å². The molecule has 24 aromatic rings. The van der Waals surface area contributed by atoms with Gasteiger partial charge in [0.25, 0.3) is 0 Å². The molecule has 0 fully saturated rings. The zero-order valence-corrected chi connectivity index (χ0v) is 61.1. The van der Waals surface area contributed by atoms with Gasteiger partial charge in [0.05, 0.1) is 55.2 Å². The molecule has 7 aromatic heterocycles. The second-order valence-corrected chi connectivity index (χ2v) is 31.0. The van der Waals surface area contributed by atoms with Gasteiger partial charge in [0.1, 0.15) is 22.3 Å². The molecule has 1 aliphatic rings. The Balaban J connectivity index is 0.709. The van der Waals surface area contributed by atoms with Crippen LogP contribution in [0.2, 0.25) is 0 Å². The fraction of sp³-hybridized carbons (Fsp3) is 0.0286. The first-order chi connectivity index (χ1) is 55.3. The van der Waals surface area contributed by atoms with E-state index in [1.807, 2.05) is 6.07 Å². The first-order valence-corrected chi connectivity index (χ1v) is 38.7. The van der Waals surface area contributed by atoms with Crippen LogP contribution in [0.1, 0.15) is 25.0 Å². The highest BCUT2D eigenvalue weighted by atomic mass is 16.3. The molecule has 0 unspecified atom stereocenters. The Bertz CT molecular complexity index is 8180. The third-order valence-corrected chi connectivity index (χ3v) is 24.8. The molecule has 17 aromatic carbocycles. The van der Waals surface area contributed by atoms with Crippen LogP contribution in [0.15, 0.2) is 367 Å². The number of furan rings is 2. The molecule has 25 rings (SSSR count). The van der Waals surface area contributed by atoms with Gasteiger partial charge in [0, 0.05) is 127 Å². The molecule has 0 amide bonds. The lowest BCUT2D eigenvalue weighted by Crippen LogP contribution is -2.15. The SMILES string of the molecule is CC1(C)c2ccccc2-c2ccc3c(c21)c1ccc(-c2ccc4c(c2)c2cc5c(cc2n4-c2ccccc2)oc2c(-c4cc6c(c7ccc(-c8ccc9c(c8)c8cc%10c(cc8n9-c8ccccc8)oc8ccccc8%10)cc7n6-c6ccccc6)c6c4c4ccccc4n6-c4ccccc4)cccc25)cc1n3-c1ccccc1. The Labute approximate surface area is 641 Å². The molecule has 0 N–H and O–H groups in total. The van der Waals surface area contributed by atoms with Gasteiger partial charge in [0.2, 0.25) is 0 Å². The molecular weight excluding hydrogens is 1360 g/mol. The van der Waals surface area contributed by atoms with Crippen LogP contribution in [-0.4, -0.2) is 22.8 Å². The molecule has 0 bridgehead atoms. The van der Waals surface area contributed by atoms with Crippen molar-refractivity contribution < 1.29 is 8.83 Å². The molecule has 522 valence electrons. The zero-order valence-electron chi connectivity index (χ0n) is 61.1. The molecule has 0 saturated carbocycles. The van der Waals surface area contributed by atoms with Crippen molar-refractivity contribution in [3.63, 3.8) is 0 Å². The lowest BCUT2D eigenvalue weighted by molar-refractivity contribution is 0.666. The lowest BCUT2D eigenvalue weighted by atomic mass is 9.80. The van der Waals surface area contributed by atoms with E-state index < -0.39 is 0 Å². The van der Waals surface area contributed by atoms with E-state index >= 15 is 0 Å². The van der Waals surface area contributed by atoms with Crippen molar-refractivity contribution >= 4 is 153 Å². The summed E-state index contributed by atoms with van der Waals surface area (Å²) in [6, 6.07) is 132. The number of hydrogen-bond donors (Lipinski definition) is 0. The molecule has 112 heavy (non-hydrogen) atoms. The highest BCUT2D eigenvalue weighted by Gasteiger charge is 2.38. The Morgan fingerprint density at radius 3 is 1.24 bits per heavy atom. The fourth-order valence-corrected chi connectivity index (χ4v) is 20.0. The van der Waals surface area contributed by atoms with Crippen molar-refractivity contribution in [3.8, 4) is 72.9 Å². The molecular formula is C105H65N5O2. The number of aromatic nitrogens is 5. The minimum atomic E-state index is -0.186. The van der Waals surface area contributed by atoms with Crippen LogP contribution in [-0.2, 0) is 5.41 Å². The number of hydrogen-bond acceptors (Lipinski definition) is 2. The Hall–Kier alpha value is -14.7. The quantitative estimate of drug-likeness (QED) is 0.152. The summed E-state index contributed by atoms with van der Waals surface area (Å²) in [5, 5.41) is 16.3. The Kier molecular flexibility index (Phi) is 12.4. The van der Waals surface area contributed by atoms with E-state index in [9.17, 15) is 0 Å². The average molecular weight is 1430 g/mol. The van der Waals surface area contributed by atoms with Crippen LogP contribution in [0.3, 0.4) is 0 Å². The maximum atomic E-state index is 7.59. The predicted molar refractivity (Wildman–Crippen MR) is 467 cm³/mol. The van der Waals surface area contributed by atoms with Crippen molar-refractivity contribution in [2.45, 2.75) is 19.3 Å². The van der Waals surface area contributed by atoms with Crippen LogP contribution in [0.25, 0.3) is 226 Å². The molecule has 0 aliphatic heterocycles. The van der Waals surface area contributed by atoms with E-state index in [0.29, 0.717) is 0 Å². The Morgan fingerprint density at radius 1 is 0.214 bits per heavy atom. The van der Waals surface area contributed by atoms with Gasteiger partial charge in [-0.3, -0.25) is 0 Å². The zero-order chi connectivity index (χ0) is 73.3. The van der Waals surface area contributed by atoms with Gasteiger partial charge < -0.3 is 31.7 Å². The van der Waals surface area contributed by atoms with Crippen molar-refractivity contribution in [1.82, 2.24) is 22.8 Å². The number of rotatable bonds is 8. The molecule has 0 saturated heterocycles. The lowest BCUT2D eigenvalue weighted by Gasteiger charge is -2.22. The van der Waals surface area contributed by atoms with Crippen molar-refractivity contribution in [1.29, 1.82) is 0 Å². The average Bonchev–Trinajstić information content (AvgIpc) is 1.53. The maximum Gasteiger partial charge on any atom is 0.143 e. The van der Waals surface area contributed by atoms with Crippen LogP contribution in [0.5, 0.6) is 0 Å². The van der Waals surface area contributed by atoms with Crippen molar-refractivity contribution in [2.75, 3.05) is 0 Å². The molecule has 1 aliphatic carbocycles. The second kappa shape index (κ2) is 22.7. The summed E-state index contributed by atoms with van der Waals surface area (Å²) >= 11 is 0. The van der Waals surface area contributed by atoms with E-state index in [-0.39, 0.29) is 5.41 Å². The minimum Gasteiger partial charge on any atom is -0.456 e. The predicted octanol–water partition coefficient (Wildman–Crippen LogP) is 28.3. The number of nitrogens with zero attached hydrogens (tertiary/aromatic N) is 5. The summed E-state index contributed by atoms with van der Waals surface area (Å²) in [5.74, 6) is 0. The van der Waals surface area contributed by atoms with Gasteiger partial charge in [0.15, 0.2) is 0 Å². The van der Waals surface area contributed by atoms with Gasteiger partial charge in [-0.1, -0.05) is 226 Å². The molecule has 7 heteroatoms. The molecule has 0 atom stereocenters. The first-order valence-electron chi connectivity index (χ1n) is 38.7. The van der Waals surface area contributed by atoms with E-state index in [0.717, 1.165) is 171 Å². The molecule has 0 spiro atoms. The van der Waals surface area contributed by atoms with Crippen LogP contribution in [0, 0.1) is 0 Å². The third kappa shape index (κ3) is 8.43. The maximum absolute atomic E-state index is 7.59. The van der Waals surface area contributed by atoms with Gasteiger partial charge >= 0.3 is 0 Å². The first kappa shape index (κ1) is 61.4. The summed E-state index contributed by atoms with van der Waals surface area (Å²) in [7, 11) is 0. The normalized spacial score (nSPS) is 13.0. The smallest absolute Gasteiger partial charge is 0.143 e. The Morgan fingerprint density at radius 2 is 0.634 bits per heavy atom. The van der Waals surface area contributed by atoms with Gasteiger partial charge in [-0.2, -0.15) is 0 Å². The third-order valence-electron chi connectivity index (χ3n) is 24.8. The molecule has 7 heterocycles. The van der Waals surface area contributed by atoms with Crippen molar-refractivity contribution in [2.24, 2.45) is 0 Å². The van der Waals surface area contributed by atoms with E-state index in [1.54, 1.807) is 0 Å². The van der Waals surface area contributed by atoms with E-state index in [1.165, 1.54) is 65.6 Å². The topological polar surface area (TPSA) is 50.9 Å². The largest absolute Gasteiger partial charge is 0.456 e. The number of fused-ring (bicyclic) bond motifs is 26. The van der Waals surface area contributed by atoms with E-state index in [2.05, 4.69) is 389 Å². The minimum absolute atomic E-state index is 0.186. The molecule has 7 nitrogen and oxygen atoms in total. The summed E-state index contributed by atoms with van der Waals surface area (Å²) in [6.45, 7) is 4.80. The summed E-state index contributed by atoms with van der Waals surface area (Å²) in [6.07, 6.45) is 0. The second-order valence-electron chi connectivity index (χ2n) is 31.0. The van der Waals surface area contributed by atoms with Crippen LogP contribution < -0.4 is 0 Å². The van der Waals surface area contributed by atoms with E-state index in [4.69, 9.17) is 8.83 Å². The van der Waals surface area contributed by atoms with Crippen LogP contribution >= 0.6 is 0 Å².